The number of carbonyl (C=O) groups is 1. The fourth-order valence-corrected chi connectivity index (χ4v) is 2.68. The van der Waals surface area contributed by atoms with Gasteiger partial charge in [0, 0.05) is 44.1 Å². The van der Waals surface area contributed by atoms with Gasteiger partial charge in [-0.25, -0.2) is 19.5 Å². The first-order chi connectivity index (χ1) is 13.2. The molecule has 0 amide bonds. The lowest BCUT2D eigenvalue weighted by Crippen LogP contribution is -2.12. The summed E-state index contributed by atoms with van der Waals surface area (Å²) in [5.41, 5.74) is 2.86. The number of anilines is 1. The molecule has 0 aliphatic carbocycles. The van der Waals surface area contributed by atoms with E-state index in [0.717, 1.165) is 41.5 Å². The molecule has 0 radical (unpaired) electrons. The molecule has 0 bridgehead atoms. The van der Waals surface area contributed by atoms with Crippen LogP contribution in [0.25, 0.3) is 17.0 Å². The van der Waals surface area contributed by atoms with Crippen LogP contribution in [0.4, 0.5) is 5.82 Å². The van der Waals surface area contributed by atoms with Crippen molar-refractivity contribution < 1.29 is 9.90 Å². The molecule has 0 fully saturated rings. The molecule has 0 unspecified atom stereocenters. The molecule has 27 heavy (non-hydrogen) atoms. The van der Waals surface area contributed by atoms with E-state index in [-0.39, 0.29) is 6.47 Å². The Bertz CT molecular complexity index is 1030. The van der Waals surface area contributed by atoms with Crippen molar-refractivity contribution in [2.45, 2.75) is 13.5 Å². The first-order valence-corrected chi connectivity index (χ1v) is 8.27. The summed E-state index contributed by atoms with van der Waals surface area (Å²) in [6.45, 7) is 3.33. The highest BCUT2D eigenvalue weighted by molar-refractivity contribution is 5.72. The second-order valence-corrected chi connectivity index (χ2v) is 5.59. The molecule has 4 heterocycles. The van der Waals surface area contributed by atoms with Crippen LogP contribution in [0.3, 0.4) is 0 Å². The van der Waals surface area contributed by atoms with Crippen LogP contribution >= 0.6 is 0 Å². The molecule has 4 aromatic heterocycles. The van der Waals surface area contributed by atoms with Crippen LogP contribution in [0, 0.1) is 6.92 Å². The van der Waals surface area contributed by atoms with Crippen LogP contribution in [0.5, 0.6) is 0 Å². The third kappa shape index (κ3) is 4.09. The fraction of sp³-hybridized carbons (Fsp3) is 0.167. The quantitative estimate of drug-likeness (QED) is 0.521. The zero-order valence-corrected chi connectivity index (χ0v) is 14.7. The number of imidazole rings is 1. The van der Waals surface area contributed by atoms with E-state index in [0.29, 0.717) is 0 Å². The lowest BCUT2D eigenvalue weighted by Gasteiger charge is -2.10. The van der Waals surface area contributed by atoms with Crippen molar-refractivity contribution >= 4 is 17.9 Å². The Hall–Kier alpha value is -3.75. The molecule has 9 heteroatoms. The maximum atomic E-state index is 8.36. The number of aromatic nitrogens is 6. The molecule has 0 spiro atoms. The van der Waals surface area contributed by atoms with E-state index in [4.69, 9.17) is 9.90 Å². The highest BCUT2D eigenvalue weighted by Crippen LogP contribution is 2.21. The van der Waals surface area contributed by atoms with Gasteiger partial charge in [0.1, 0.15) is 11.6 Å². The molecule has 138 valence electrons. The standard InChI is InChI=1S/C17H17N7.CH2O2/c1-13-4-2-5-18-15(13)19-7-10-23-11-8-21-16(23)14-12-22-24-9-3-6-20-17(14)24;2-1-3/h2-6,8-9,11-12H,7,10H2,1H3,(H,18,19);1H,(H,2,3). The predicted octanol–water partition coefficient (Wildman–Crippen LogP) is 2.11. The van der Waals surface area contributed by atoms with Gasteiger partial charge in [-0.1, -0.05) is 6.07 Å². The maximum Gasteiger partial charge on any atom is 0.290 e. The summed E-state index contributed by atoms with van der Waals surface area (Å²) in [5.74, 6) is 1.78. The second-order valence-electron chi connectivity index (χ2n) is 5.59. The first kappa shape index (κ1) is 18.1. The van der Waals surface area contributed by atoms with Crippen LogP contribution < -0.4 is 5.32 Å². The molecule has 4 rings (SSSR count). The summed E-state index contributed by atoms with van der Waals surface area (Å²) in [5, 5.41) is 14.6. The van der Waals surface area contributed by atoms with Gasteiger partial charge in [-0.15, -0.1) is 0 Å². The van der Waals surface area contributed by atoms with E-state index in [1.165, 1.54) is 0 Å². The van der Waals surface area contributed by atoms with Gasteiger partial charge in [-0.3, -0.25) is 4.79 Å². The third-order valence-corrected chi connectivity index (χ3v) is 3.89. The van der Waals surface area contributed by atoms with E-state index >= 15 is 0 Å². The predicted molar refractivity (Wildman–Crippen MR) is 100 cm³/mol. The number of carboxylic acid groups (broad SMARTS) is 1. The van der Waals surface area contributed by atoms with E-state index in [2.05, 4.69) is 29.9 Å². The molecular weight excluding hydrogens is 346 g/mol. The molecule has 0 aliphatic heterocycles. The second kappa shape index (κ2) is 8.56. The molecule has 0 saturated carbocycles. The SMILES string of the molecule is Cc1cccnc1NCCn1ccnc1-c1cnn2cccnc12.O=CO. The molecule has 0 atom stereocenters. The van der Waals surface area contributed by atoms with Gasteiger partial charge < -0.3 is 15.0 Å². The Morgan fingerprint density at radius 2 is 1.96 bits per heavy atom. The molecule has 4 aromatic rings. The third-order valence-electron chi connectivity index (χ3n) is 3.89. The summed E-state index contributed by atoms with van der Waals surface area (Å²) in [7, 11) is 0. The van der Waals surface area contributed by atoms with Crippen molar-refractivity contribution in [3.63, 3.8) is 0 Å². The maximum absolute atomic E-state index is 8.36. The van der Waals surface area contributed by atoms with Crippen LogP contribution in [0.1, 0.15) is 5.56 Å². The Morgan fingerprint density at radius 1 is 1.15 bits per heavy atom. The highest BCUT2D eigenvalue weighted by atomic mass is 16.3. The Kier molecular flexibility index (Phi) is 5.73. The van der Waals surface area contributed by atoms with Gasteiger partial charge in [-0.05, 0) is 24.6 Å². The van der Waals surface area contributed by atoms with Crippen molar-refractivity contribution in [3.05, 3.63) is 60.9 Å². The number of rotatable bonds is 5. The Morgan fingerprint density at radius 3 is 2.78 bits per heavy atom. The number of nitrogens with one attached hydrogen (secondary N) is 1. The van der Waals surface area contributed by atoms with Crippen molar-refractivity contribution in [2.75, 3.05) is 11.9 Å². The number of aryl methyl sites for hydroxylation is 1. The smallest absolute Gasteiger partial charge is 0.290 e. The summed E-state index contributed by atoms with van der Waals surface area (Å²) in [6, 6.07) is 5.84. The average Bonchev–Trinajstić information content (AvgIpc) is 3.30. The van der Waals surface area contributed by atoms with Crippen molar-refractivity contribution in [2.24, 2.45) is 0 Å². The van der Waals surface area contributed by atoms with Crippen LogP contribution in [0.2, 0.25) is 0 Å². The van der Waals surface area contributed by atoms with Gasteiger partial charge >= 0.3 is 0 Å². The van der Waals surface area contributed by atoms with Gasteiger partial charge in [0.2, 0.25) is 0 Å². The van der Waals surface area contributed by atoms with Crippen molar-refractivity contribution in [1.82, 2.24) is 29.1 Å². The summed E-state index contributed by atoms with van der Waals surface area (Å²) < 4.78 is 3.85. The molecule has 2 N–H and O–H groups in total. The Labute approximate surface area is 155 Å². The van der Waals surface area contributed by atoms with Crippen molar-refractivity contribution in [3.8, 4) is 11.4 Å². The topological polar surface area (TPSA) is 110 Å². The van der Waals surface area contributed by atoms with Crippen molar-refractivity contribution in [1.29, 1.82) is 0 Å². The summed E-state index contributed by atoms with van der Waals surface area (Å²) in [6.07, 6.45) is 11.0. The van der Waals surface area contributed by atoms with Gasteiger partial charge in [0.25, 0.3) is 6.47 Å². The van der Waals surface area contributed by atoms with E-state index in [1.807, 2.05) is 37.5 Å². The lowest BCUT2D eigenvalue weighted by molar-refractivity contribution is -0.122. The zero-order valence-electron chi connectivity index (χ0n) is 14.7. The Balaban J connectivity index is 0.000000659. The van der Waals surface area contributed by atoms with Gasteiger partial charge in [-0.2, -0.15) is 5.10 Å². The lowest BCUT2D eigenvalue weighted by atomic mass is 10.3. The summed E-state index contributed by atoms with van der Waals surface area (Å²) in [4.78, 5) is 21.6. The van der Waals surface area contributed by atoms with E-state index < -0.39 is 0 Å². The largest absolute Gasteiger partial charge is 0.483 e. The first-order valence-electron chi connectivity index (χ1n) is 8.27. The van der Waals surface area contributed by atoms with E-state index in [1.54, 1.807) is 29.3 Å². The number of pyridine rings is 1. The number of nitrogens with zero attached hydrogens (tertiary/aromatic N) is 6. The minimum Gasteiger partial charge on any atom is -0.483 e. The highest BCUT2D eigenvalue weighted by Gasteiger charge is 2.12. The molecule has 0 aromatic carbocycles. The minimum absolute atomic E-state index is 0.250. The molecule has 9 nitrogen and oxygen atoms in total. The minimum atomic E-state index is -0.250. The number of hydrogen-bond donors (Lipinski definition) is 2. The molecule has 0 saturated heterocycles. The summed E-state index contributed by atoms with van der Waals surface area (Å²) >= 11 is 0. The fourth-order valence-electron chi connectivity index (χ4n) is 2.68. The normalized spacial score (nSPS) is 10.3. The van der Waals surface area contributed by atoms with Gasteiger partial charge in [0.15, 0.2) is 5.65 Å². The van der Waals surface area contributed by atoms with Crippen LogP contribution in [0.15, 0.2) is 55.4 Å². The zero-order chi connectivity index (χ0) is 19.1. The van der Waals surface area contributed by atoms with E-state index in [9.17, 15) is 0 Å². The monoisotopic (exact) mass is 365 g/mol. The van der Waals surface area contributed by atoms with Gasteiger partial charge in [0.05, 0.1) is 11.8 Å². The van der Waals surface area contributed by atoms with Crippen LogP contribution in [-0.2, 0) is 11.3 Å². The number of hydrogen-bond acceptors (Lipinski definition) is 6. The molecule has 0 aliphatic rings. The van der Waals surface area contributed by atoms with Crippen LogP contribution in [-0.4, -0.2) is 47.3 Å². The average molecular weight is 365 g/mol. The molecular formula is C18H19N7O2. The number of fused-ring (bicyclic) bond motifs is 1.